The fraction of sp³-hybridized carbons (Fsp3) is 0.323. The number of nitrogens with one attached hydrogen (secondary N) is 1. The lowest BCUT2D eigenvalue weighted by Crippen LogP contribution is -2.19. The van der Waals surface area contributed by atoms with Crippen molar-refractivity contribution in [3.05, 3.63) is 89.0 Å². The van der Waals surface area contributed by atoms with Crippen LogP contribution in [-0.4, -0.2) is 22.0 Å². The number of carbonyl (C=O) groups excluding carboxylic acids is 1. The van der Waals surface area contributed by atoms with Crippen LogP contribution in [0.2, 0.25) is 0 Å². The van der Waals surface area contributed by atoms with Crippen LogP contribution in [-0.2, 0) is 21.3 Å². The van der Waals surface area contributed by atoms with E-state index in [2.05, 4.69) is 48.6 Å². The summed E-state index contributed by atoms with van der Waals surface area (Å²) in [6, 6.07) is 22.3. The average Bonchev–Trinajstić information content (AvgIpc) is 3.13. The molecule has 5 rings (SSSR count). The smallest absolute Gasteiger partial charge is 0.251 e. The lowest BCUT2D eigenvalue weighted by Gasteiger charge is -2.20. The highest BCUT2D eigenvalue weighted by Crippen LogP contribution is 2.31. The number of hydrogen-bond acceptors (Lipinski definition) is 3. The standard InChI is InChI=1S/C31H33NO3S/c1-22-7-11-24(12-8-22)25-13-16-30-27(19-25)20-26(17-18-35-30)31(33)32-28-14-9-23(10-15-28)21-36(34)29-5-3-2-4-6-29/h7-16,19-20,29H,2-6,17-18,21H2,1H3,(H,32,33). The normalized spacial score (nSPS) is 16.8. The number of hydrogen-bond donors (Lipinski definition) is 1. The van der Waals surface area contributed by atoms with Gasteiger partial charge in [0.05, 0.1) is 6.61 Å². The Balaban J connectivity index is 1.27. The van der Waals surface area contributed by atoms with Crippen LogP contribution in [0.1, 0.15) is 55.2 Å². The van der Waals surface area contributed by atoms with E-state index in [1.807, 2.05) is 36.4 Å². The van der Waals surface area contributed by atoms with Crippen LogP contribution >= 0.6 is 0 Å². The zero-order chi connectivity index (χ0) is 24.9. The molecule has 1 aliphatic carbocycles. The number of carbonyl (C=O) groups is 1. The predicted molar refractivity (Wildman–Crippen MR) is 148 cm³/mol. The molecule has 0 aromatic heterocycles. The zero-order valence-electron chi connectivity index (χ0n) is 20.8. The molecule has 4 nitrogen and oxygen atoms in total. The molecule has 1 aliphatic heterocycles. The van der Waals surface area contributed by atoms with Crippen molar-refractivity contribution in [2.75, 3.05) is 11.9 Å². The molecule has 0 saturated heterocycles. The number of amides is 1. The van der Waals surface area contributed by atoms with Crippen molar-refractivity contribution in [2.45, 2.75) is 56.5 Å². The van der Waals surface area contributed by atoms with E-state index in [0.29, 0.717) is 29.6 Å². The van der Waals surface area contributed by atoms with E-state index in [9.17, 15) is 9.00 Å². The van der Waals surface area contributed by atoms with Crippen LogP contribution in [0, 0.1) is 6.92 Å². The van der Waals surface area contributed by atoms with Crippen molar-refractivity contribution in [3.63, 3.8) is 0 Å². The van der Waals surface area contributed by atoms with Crippen molar-refractivity contribution >= 4 is 28.5 Å². The van der Waals surface area contributed by atoms with Gasteiger partial charge in [-0.05, 0) is 66.8 Å². The van der Waals surface area contributed by atoms with E-state index < -0.39 is 10.8 Å². The molecule has 1 heterocycles. The second kappa shape index (κ2) is 11.3. The molecule has 0 radical (unpaired) electrons. The quantitative estimate of drug-likeness (QED) is 0.395. The molecule has 2 aliphatic rings. The molecule has 186 valence electrons. The maximum atomic E-state index is 13.1. The van der Waals surface area contributed by atoms with Gasteiger partial charge in [-0.25, -0.2) is 0 Å². The lowest BCUT2D eigenvalue weighted by molar-refractivity contribution is -0.113. The van der Waals surface area contributed by atoms with Crippen molar-refractivity contribution in [1.82, 2.24) is 0 Å². The van der Waals surface area contributed by atoms with E-state index in [1.54, 1.807) is 0 Å². The monoisotopic (exact) mass is 499 g/mol. The molecule has 1 fully saturated rings. The summed E-state index contributed by atoms with van der Waals surface area (Å²) in [7, 11) is -0.829. The van der Waals surface area contributed by atoms with Crippen molar-refractivity contribution in [1.29, 1.82) is 0 Å². The first-order chi connectivity index (χ1) is 17.5. The Morgan fingerprint density at radius 2 is 1.67 bits per heavy atom. The highest BCUT2D eigenvalue weighted by molar-refractivity contribution is 7.84. The molecular weight excluding hydrogens is 466 g/mol. The summed E-state index contributed by atoms with van der Waals surface area (Å²) in [5.74, 6) is 1.26. The summed E-state index contributed by atoms with van der Waals surface area (Å²) in [4.78, 5) is 13.1. The number of anilines is 1. The van der Waals surface area contributed by atoms with E-state index in [0.717, 1.165) is 46.5 Å². The predicted octanol–water partition coefficient (Wildman–Crippen LogP) is 7.05. The lowest BCUT2D eigenvalue weighted by atomic mass is 10.00. The average molecular weight is 500 g/mol. The summed E-state index contributed by atoms with van der Waals surface area (Å²) >= 11 is 0. The zero-order valence-corrected chi connectivity index (χ0v) is 21.6. The molecule has 1 amide bonds. The summed E-state index contributed by atoms with van der Waals surface area (Å²) in [5, 5.41) is 3.36. The van der Waals surface area contributed by atoms with Gasteiger partial charge in [-0.3, -0.25) is 9.00 Å². The van der Waals surface area contributed by atoms with Gasteiger partial charge < -0.3 is 10.1 Å². The topological polar surface area (TPSA) is 55.4 Å². The fourth-order valence-electron chi connectivity index (χ4n) is 4.93. The van der Waals surface area contributed by atoms with Gasteiger partial charge in [0.25, 0.3) is 5.91 Å². The van der Waals surface area contributed by atoms with E-state index in [4.69, 9.17) is 4.74 Å². The van der Waals surface area contributed by atoms with Gasteiger partial charge in [-0.1, -0.05) is 67.3 Å². The molecule has 1 atom stereocenters. The van der Waals surface area contributed by atoms with E-state index in [-0.39, 0.29) is 5.91 Å². The molecular formula is C31H33NO3S. The van der Waals surface area contributed by atoms with Gasteiger partial charge in [-0.15, -0.1) is 0 Å². The molecule has 36 heavy (non-hydrogen) atoms. The van der Waals surface area contributed by atoms with Crippen molar-refractivity contribution in [2.24, 2.45) is 0 Å². The molecule has 0 spiro atoms. The van der Waals surface area contributed by atoms with Crippen molar-refractivity contribution in [3.8, 4) is 16.9 Å². The summed E-state index contributed by atoms with van der Waals surface area (Å²) in [6.45, 7) is 2.54. The molecule has 1 saturated carbocycles. The summed E-state index contributed by atoms with van der Waals surface area (Å²) < 4.78 is 18.7. The van der Waals surface area contributed by atoms with Crippen LogP contribution in [0.4, 0.5) is 5.69 Å². The van der Waals surface area contributed by atoms with Crippen LogP contribution in [0.5, 0.6) is 5.75 Å². The van der Waals surface area contributed by atoms with Gasteiger partial charge in [0, 0.05) is 45.0 Å². The first-order valence-electron chi connectivity index (χ1n) is 12.9. The number of benzene rings is 3. The number of aryl methyl sites for hydroxylation is 1. The minimum atomic E-state index is -0.829. The third-order valence-corrected chi connectivity index (χ3v) is 8.92. The molecule has 1 unspecified atom stereocenters. The SMILES string of the molecule is Cc1ccc(-c2ccc3c(c2)C=C(C(=O)Nc2ccc(CS(=O)C4CCCCC4)cc2)CCO3)cc1. The highest BCUT2D eigenvalue weighted by atomic mass is 32.2. The Bertz CT molecular complexity index is 1270. The van der Waals surface area contributed by atoms with Gasteiger partial charge in [0.15, 0.2) is 0 Å². The Labute approximate surface area is 216 Å². The molecule has 1 N–H and O–H groups in total. The number of rotatable bonds is 6. The fourth-order valence-corrected chi connectivity index (χ4v) is 6.55. The van der Waals surface area contributed by atoms with Gasteiger partial charge >= 0.3 is 0 Å². The highest BCUT2D eigenvalue weighted by Gasteiger charge is 2.20. The first-order valence-corrected chi connectivity index (χ1v) is 14.3. The van der Waals surface area contributed by atoms with Gasteiger partial charge in [-0.2, -0.15) is 0 Å². The Hall–Kier alpha value is -3.18. The minimum absolute atomic E-state index is 0.120. The second-order valence-corrected chi connectivity index (χ2v) is 11.5. The van der Waals surface area contributed by atoms with E-state index in [1.165, 1.54) is 24.8 Å². The second-order valence-electron chi connectivity index (χ2n) is 9.82. The van der Waals surface area contributed by atoms with Crippen LogP contribution in [0.3, 0.4) is 0 Å². The Morgan fingerprint density at radius 3 is 2.42 bits per heavy atom. The summed E-state index contributed by atoms with van der Waals surface area (Å²) in [5.41, 5.74) is 6.85. The van der Waals surface area contributed by atoms with Gasteiger partial charge in [0.2, 0.25) is 0 Å². The van der Waals surface area contributed by atoms with Crippen LogP contribution in [0.15, 0.2) is 72.3 Å². The number of fused-ring (bicyclic) bond motifs is 1. The maximum Gasteiger partial charge on any atom is 0.251 e. The Kier molecular flexibility index (Phi) is 7.66. The van der Waals surface area contributed by atoms with Crippen molar-refractivity contribution < 1.29 is 13.7 Å². The summed E-state index contributed by atoms with van der Waals surface area (Å²) in [6.07, 6.45) is 8.30. The molecule has 0 bridgehead atoms. The third-order valence-electron chi connectivity index (χ3n) is 7.09. The minimum Gasteiger partial charge on any atom is -0.493 e. The largest absolute Gasteiger partial charge is 0.493 e. The van der Waals surface area contributed by atoms with Gasteiger partial charge in [0.1, 0.15) is 5.75 Å². The van der Waals surface area contributed by atoms with Crippen LogP contribution < -0.4 is 10.1 Å². The molecule has 3 aromatic rings. The Morgan fingerprint density at radius 1 is 0.944 bits per heavy atom. The maximum absolute atomic E-state index is 13.1. The first kappa shape index (κ1) is 24.5. The molecule has 3 aromatic carbocycles. The molecule has 5 heteroatoms. The van der Waals surface area contributed by atoms with Crippen LogP contribution in [0.25, 0.3) is 17.2 Å². The van der Waals surface area contributed by atoms with E-state index >= 15 is 0 Å². The number of ether oxygens (including phenoxy) is 1. The third kappa shape index (κ3) is 5.96.